The summed E-state index contributed by atoms with van der Waals surface area (Å²) in [5, 5.41) is 13.7. The fraction of sp³-hybridized carbons (Fsp3) is 0.200. The van der Waals surface area contributed by atoms with Gasteiger partial charge >= 0.3 is 5.69 Å². The summed E-state index contributed by atoms with van der Waals surface area (Å²) < 4.78 is 13.4. The lowest BCUT2D eigenvalue weighted by molar-refractivity contribution is -0.386. The van der Waals surface area contributed by atoms with Gasteiger partial charge in [0.2, 0.25) is 5.82 Å². The molecule has 0 saturated heterocycles. The second kappa shape index (κ2) is 6.81. The third-order valence-electron chi connectivity index (χ3n) is 3.17. The number of nitrogens with two attached hydrogens (primary N) is 1. The number of hydrogen-bond donors (Lipinski definition) is 2. The molecule has 1 atom stereocenters. The normalized spacial score (nSPS) is 11.9. The van der Waals surface area contributed by atoms with E-state index in [0.717, 1.165) is 11.6 Å². The van der Waals surface area contributed by atoms with Crippen LogP contribution >= 0.6 is 0 Å². The molecule has 0 aliphatic carbocycles. The van der Waals surface area contributed by atoms with Gasteiger partial charge in [-0.15, -0.1) is 0 Å². The summed E-state index contributed by atoms with van der Waals surface area (Å²) in [5.74, 6) is -0.850. The highest BCUT2D eigenvalue weighted by Gasteiger charge is 2.19. The Balaban J connectivity index is 1.98. The van der Waals surface area contributed by atoms with Crippen molar-refractivity contribution in [2.24, 2.45) is 5.73 Å². The van der Waals surface area contributed by atoms with Crippen molar-refractivity contribution >= 4 is 11.4 Å². The molecule has 0 aliphatic heterocycles. The highest BCUT2D eigenvalue weighted by atomic mass is 19.1. The fourth-order valence-corrected chi connectivity index (χ4v) is 2.07. The number of nitro benzene ring substituents is 1. The van der Waals surface area contributed by atoms with E-state index in [-0.39, 0.29) is 11.7 Å². The van der Waals surface area contributed by atoms with Gasteiger partial charge < -0.3 is 11.1 Å². The molecule has 0 heterocycles. The molecule has 0 amide bonds. The Morgan fingerprint density at radius 1 is 1.19 bits per heavy atom. The summed E-state index contributed by atoms with van der Waals surface area (Å²) in [6.45, 7) is 0.417. The van der Waals surface area contributed by atoms with E-state index in [9.17, 15) is 14.5 Å². The third-order valence-corrected chi connectivity index (χ3v) is 3.17. The van der Waals surface area contributed by atoms with Crippen molar-refractivity contribution in [3.63, 3.8) is 0 Å². The molecule has 6 heteroatoms. The molecule has 0 fully saturated rings. The van der Waals surface area contributed by atoms with E-state index in [1.165, 1.54) is 12.1 Å². The van der Waals surface area contributed by atoms with Gasteiger partial charge in [-0.1, -0.05) is 36.4 Å². The molecule has 0 bridgehead atoms. The molecular weight excluding hydrogens is 273 g/mol. The summed E-state index contributed by atoms with van der Waals surface area (Å²) in [6.07, 6.45) is 0.581. The molecule has 0 aromatic heterocycles. The molecule has 5 nitrogen and oxygen atoms in total. The van der Waals surface area contributed by atoms with Crippen molar-refractivity contribution in [2.45, 2.75) is 12.5 Å². The predicted octanol–water partition coefficient (Wildman–Crippen LogP) is 3.24. The predicted molar refractivity (Wildman–Crippen MR) is 79.5 cm³/mol. The van der Waals surface area contributed by atoms with E-state index >= 15 is 0 Å². The lowest BCUT2D eigenvalue weighted by atomic mass is 10.1. The van der Waals surface area contributed by atoms with Gasteiger partial charge in [0, 0.05) is 12.6 Å². The van der Waals surface area contributed by atoms with Gasteiger partial charge in [0.25, 0.3) is 0 Å². The molecule has 110 valence electrons. The Hall–Kier alpha value is -2.47. The maximum absolute atomic E-state index is 13.4. The summed E-state index contributed by atoms with van der Waals surface area (Å²) in [6, 6.07) is 13.4. The Labute approximate surface area is 121 Å². The standard InChI is InChI=1S/C15H16FN3O2/c16-12-7-4-8-14(15(12)19(20)21)18-10-9-13(17)11-5-2-1-3-6-11/h1-8,13,18H,9-10,17H2. The molecule has 2 aromatic rings. The highest BCUT2D eigenvalue weighted by molar-refractivity contribution is 5.61. The largest absolute Gasteiger partial charge is 0.379 e. The number of nitrogens with one attached hydrogen (secondary N) is 1. The number of nitro groups is 1. The van der Waals surface area contributed by atoms with Crippen LogP contribution in [0.2, 0.25) is 0 Å². The van der Waals surface area contributed by atoms with Gasteiger partial charge in [0.1, 0.15) is 5.69 Å². The van der Waals surface area contributed by atoms with Crippen LogP contribution in [0.5, 0.6) is 0 Å². The average molecular weight is 289 g/mol. The number of nitrogens with zero attached hydrogens (tertiary/aromatic N) is 1. The SMILES string of the molecule is NC(CCNc1cccc(F)c1[N+](=O)[O-])c1ccccc1. The van der Waals surface area contributed by atoms with Gasteiger partial charge in [-0.3, -0.25) is 10.1 Å². The van der Waals surface area contributed by atoms with Crippen LogP contribution in [0.15, 0.2) is 48.5 Å². The summed E-state index contributed by atoms with van der Waals surface area (Å²) in [5.41, 5.74) is 6.66. The average Bonchev–Trinajstić information content (AvgIpc) is 2.47. The summed E-state index contributed by atoms with van der Waals surface area (Å²) >= 11 is 0. The molecular formula is C15H16FN3O2. The van der Waals surface area contributed by atoms with Crippen LogP contribution in [0.3, 0.4) is 0 Å². The van der Waals surface area contributed by atoms with Crippen molar-refractivity contribution < 1.29 is 9.31 Å². The van der Waals surface area contributed by atoms with Crippen molar-refractivity contribution in [3.8, 4) is 0 Å². The maximum atomic E-state index is 13.4. The molecule has 21 heavy (non-hydrogen) atoms. The Bertz CT molecular complexity index is 620. The Morgan fingerprint density at radius 2 is 1.90 bits per heavy atom. The molecule has 0 aliphatic rings. The van der Waals surface area contributed by atoms with Crippen LogP contribution in [0, 0.1) is 15.9 Å². The van der Waals surface area contributed by atoms with Gasteiger partial charge in [-0.2, -0.15) is 4.39 Å². The molecule has 2 aromatic carbocycles. The first-order valence-corrected chi connectivity index (χ1v) is 6.57. The van der Waals surface area contributed by atoms with E-state index in [1.807, 2.05) is 30.3 Å². The zero-order valence-corrected chi connectivity index (χ0v) is 11.3. The van der Waals surface area contributed by atoms with E-state index in [4.69, 9.17) is 5.73 Å². The van der Waals surface area contributed by atoms with Crippen LogP contribution in [0.1, 0.15) is 18.0 Å². The van der Waals surface area contributed by atoms with Crippen LogP contribution in [-0.4, -0.2) is 11.5 Å². The summed E-state index contributed by atoms with van der Waals surface area (Å²) in [7, 11) is 0. The fourth-order valence-electron chi connectivity index (χ4n) is 2.07. The monoisotopic (exact) mass is 289 g/mol. The second-order valence-corrected chi connectivity index (χ2v) is 4.63. The number of benzene rings is 2. The van der Waals surface area contributed by atoms with Crippen LogP contribution in [-0.2, 0) is 0 Å². The van der Waals surface area contributed by atoms with Crippen LogP contribution in [0.4, 0.5) is 15.8 Å². The smallest absolute Gasteiger partial charge is 0.327 e. The quantitative estimate of drug-likeness (QED) is 0.632. The minimum atomic E-state index is -0.850. The lowest BCUT2D eigenvalue weighted by Crippen LogP contribution is -2.15. The van der Waals surface area contributed by atoms with E-state index in [0.29, 0.717) is 13.0 Å². The first kappa shape index (κ1) is 14.9. The number of rotatable bonds is 6. The molecule has 0 radical (unpaired) electrons. The van der Waals surface area contributed by atoms with E-state index < -0.39 is 16.4 Å². The van der Waals surface area contributed by atoms with Gasteiger partial charge in [-0.25, -0.2) is 0 Å². The molecule has 3 N–H and O–H groups in total. The minimum absolute atomic E-state index is 0.167. The minimum Gasteiger partial charge on any atom is -0.379 e. The molecule has 1 unspecified atom stereocenters. The second-order valence-electron chi connectivity index (χ2n) is 4.63. The lowest BCUT2D eigenvalue weighted by Gasteiger charge is -2.13. The maximum Gasteiger partial charge on any atom is 0.327 e. The molecule has 0 saturated carbocycles. The number of halogens is 1. The van der Waals surface area contributed by atoms with Crippen molar-refractivity contribution in [2.75, 3.05) is 11.9 Å². The van der Waals surface area contributed by atoms with Crippen molar-refractivity contribution in [3.05, 3.63) is 70.0 Å². The highest BCUT2D eigenvalue weighted by Crippen LogP contribution is 2.27. The number of para-hydroxylation sites is 1. The Morgan fingerprint density at radius 3 is 2.57 bits per heavy atom. The van der Waals surface area contributed by atoms with Crippen LogP contribution in [0.25, 0.3) is 0 Å². The number of anilines is 1. The Kier molecular flexibility index (Phi) is 4.84. The molecule has 2 rings (SSSR count). The summed E-state index contributed by atoms with van der Waals surface area (Å²) in [4.78, 5) is 10.1. The van der Waals surface area contributed by atoms with Gasteiger partial charge in [0.15, 0.2) is 0 Å². The van der Waals surface area contributed by atoms with Crippen molar-refractivity contribution in [1.82, 2.24) is 0 Å². The first-order chi connectivity index (χ1) is 10.1. The van der Waals surface area contributed by atoms with Crippen molar-refractivity contribution in [1.29, 1.82) is 0 Å². The first-order valence-electron chi connectivity index (χ1n) is 6.57. The van der Waals surface area contributed by atoms with Gasteiger partial charge in [0.05, 0.1) is 4.92 Å². The zero-order chi connectivity index (χ0) is 15.2. The van der Waals surface area contributed by atoms with E-state index in [1.54, 1.807) is 0 Å². The topological polar surface area (TPSA) is 81.2 Å². The zero-order valence-electron chi connectivity index (χ0n) is 11.3. The van der Waals surface area contributed by atoms with Gasteiger partial charge in [-0.05, 0) is 24.1 Å². The van der Waals surface area contributed by atoms with Crippen LogP contribution < -0.4 is 11.1 Å². The molecule has 0 spiro atoms. The third kappa shape index (κ3) is 3.76. The van der Waals surface area contributed by atoms with E-state index in [2.05, 4.69) is 5.32 Å². The number of hydrogen-bond acceptors (Lipinski definition) is 4.